The summed E-state index contributed by atoms with van der Waals surface area (Å²) in [5, 5.41) is 21.2. The summed E-state index contributed by atoms with van der Waals surface area (Å²) in [6.45, 7) is 8.21. The molecular formula is C22H24N6OS. The minimum absolute atomic E-state index is 0.0886. The highest BCUT2D eigenvalue weighted by Crippen LogP contribution is 2.27. The highest BCUT2D eigenvalue weighted by atomic mass is 32.2. The molecule has 3 rings (SSSR count). The second-order valence-electron chi connectivity index (χ2n) is 7.16. The number of benzene rings is 2. The van der Waals surface area contributed by atoms with Gasteiger partial charge in [0.05, 0.1) is 23.4 Å². The smallest absolute Gasteiger partial charge is 0.240 e. The third-order valence-corrected chi connectivity index (χ3v) is 5.73. The number of hydrogen-bond donors (Lipinski definition) is 0. The van der Waals surface area contributed by atoms with Gasteiger partial charge in [0.2, 0.25) is 11.1 Å². The maximum absolute atomic E-state index is 13.2. The van der Waals surface area contributed by atoms with E-state index in [-0.39, 0.29) is 12.3 Å². The largest absolute Gasteiger partial charge is 0.310 e. The lowest BCUT2D eigenvalue weighted by atomic mass is 10.1. The maximum atomic E-state index is 13.2. The molecule has 1 heterocycles. The lowest BCUT2D eigenvalue weighted by molar-refractivity contribution is -0.117. The Hall–Kier alpha value is -3.18. The van der Waals surface area contributed by atoms with E-state index in [0.29, 0.717) is 11.7 Å². The van der Waals surface area contributed by atoms with Crippen LogP contribution in [0, 0.1) is 32.1 Å². The number of anilines is 1. The molecule has 0 spiro atoms. The number of carbonyl (C=O) groups excluding carboxylic acids is 1. The number of aromatic nitrogens is 4. The molecule has 0 fully saturated rings. The average Bonchev–Trinajstić information content (AvgIpc) is 3.17. The molecule has 1 unspecified atom stereocenters. The molecule has 0 saturated carbocycles. The summed E-state index contributed by atoms with van der Waals surface area (Å²) in [6, 6.07) is 15.9. The lowest BCUT2D eigenvalue weighted by Gasteiger charge is -2.25. The number of hydrogen-bond acceptors (Lipinski definition) is 6. The zero-order chi connectivity index (χ0) is 21.7. The van der Waals surface area contributed by atoms with E-state index >= 15 is 0 Å². The Balaban J connectivity index is 1.83. The maximum Gasteiger partial charge on any atom is 0.240 e. The third-order valence-electron chi connectivity index (χ3n) is 4.71. The van der Waals surface area contributed by atoms with E-state index in [0.717, 1.165) is 28.1 Å². The summed E-state index contributed by atoms with van der Waals surface area (Å²) in [5.41, 5.74) is 4.99. The number of rotatable bonds is 7. The van der Waals surface area contributed by atoms with E-state index in [1.165, 1.54) is 11.8 Å². The van der Waals surface area contributed by atoms with Gasteiger partial charge in [-0.2, -0.15) is 9.94 Å². The van der Waals surface area contributed by atoms with Crippen LogP contribution in [0.25, 0.3) is 5.69 Å². The Morgan fingerprint density at radius 3 is 2.53 bits per heavy atom. The monoisotopic (exact) mass is 420 g/mol. The first-order chi connectivity index (χ1) is 14.4. The first-order valence-electron chi connectivity index (χ1n) is 9.68. The van der Waals surface area contributed by atoms with Gasteiger partial charge in [0.25, 0.3) is 0 Å². The van der Waals surface area contributed by atoms with E-state index < -0.39 is 5.25 Å². The van der Waals surface area contributed by atoms with Crippen LogP contribution in [0.1, 0.15) is 30.0 Å². The number of nitriles is 1. The normalized spacial score (nSPS) is 11.7. The number of tetrazole rings is 1. The third kappa shape index (κ3) is 4.86. The van der Waals surface area contributed by atoms with Crippen LogP contribution < -0.4 is 4.90 Å². The molecule has 1 aromatic heterocycles. The van der Waals surface area contributed by atoms with E-state index in [1.54, 1.807) is 9.58 Å². The van der Waals surface area contributed by atoms with Crippen molar-refractivity contribution < 1.29 is 4.79 Å². The van der Waals surface area contributed by atoms with Crippen molar-refractivity contribution in [1.82, 2.24) is 20.2 Å². The van der Waals surface area contributed by atoms with Crippen molar-refractivity contribution in [2.45, 2.75) is 44.5 Å². The van der Waals surface area contributed by atoms with E-state index in [9.17, 15) is 4.79 Å². The number of aryl methyl sites for hydroxylation is 3. The molecule has 8 heteroatoms. The molecule has 0 aliphatic carbocycles. The summed E-state index contributed by atoms with van der Waals surface area (Å²) < 4.78 is 1.66. The highest BCUT2D eigenvalue weighted by Gasteiger charge is 2.25. The molecule has 1 amide bonds. The van der Waals surface area contributed by atoms with Crippen LogP contribution in [0.3, 0.4) is 0 Å². The summed E-state index contributed by atoms with van der Waals surface area (Å²) in [6.07, 6.45) is 0.261. The van der Waals surface area contributed by atoms with Gasteiger partial charge in [-0.25, -0.2) is 0 Å². The standard InChI is InChI=1S/C22H24N6OS/c1-15-6-9-19(10-7-15)27(13-5-12-23)21(29)18(4)30-22-24-25-26-28(22)20-11-8-16(2)14-17(20)3/h6-11,14,18H,5,13H2,1-4H3. The molecule has 0 aliphatic rings. The van der Waals surface area contributed by atoms with E-state index in [1.807, 2.05) is 64.1 Å². The molecule has 0 radical (unpaired) electrons. The predicted octanol–water partition coefficient (Wildman–Crippen LogP) is 4.02. The number of amides is 1. The molecular weight excluding hydrogens is 396 g/mol. The fourth-order valence-electron chi connectivity index (χ4n) is 3.13. The molecule has 1 atom stereocenters. The Morgan fingerprint density at radius 1 is 1.17 bits per heavy atom. The van der Waals surface area contributed by atoms with Crippen molar-refractivity contribution in [2.24, 2.45) is 0 Å². The van der Waals surface area contributed by atoms with Crippen LogP contribution in [-0.2, 0) is 4.79 Å². The fraction of sp³-hybridized carbons (Fsp3) is 0.318. The van der Waals surface area contributed by atoms with Gasteiger partial charge in [-0.05, 0) is 61.9 Å². The lowest BCUT2D eigenvalue weighted by Crippen LogP contribution is -2.37. The van der Waals surface area contributed by atoms with Gasteiger partial charge in [-0.15, -0.1) is 5.10 Å². The van der Waals surface area contributed by atoms with Gasteiger partial charge in [-0.3, -0.25) is 4.79 Å². The van der Waals surface area contributed by atoms with Crippen molar-refractivity contribution in [3.8, 4) is 11.8 Å². The first kappa shape index (κ1) is 21.5. The van der Waals surface area contributed by atoms with Crippen molar-refractivity contribution in [1.29, 1.82) is 5.26 Å². The van der Waals surface area contributed by atoms with Crippen LogP contribution in [0.5, 0.6) is 0 Å². The van der Waals surface area contributed by atoms with Gasteiger partial charge in [0.15, 0.2) is 0 Å². The van der Waals surface area contributed by atoms with Crippen molar-refractivity contribution in [2.75, 3.05) is 11.4 Å². The van der Waals surface area contributed by atoms with Crippen LogP contribution in [0.15, 0.2) is 47.6 Å². The van der Waals surface area contributed by atoms with Gasteiger partial charge in [0.1, 0.15) is 0 Å². The topological polar surface area (TPSA) is 87.7 Å². The summed E-state index contributed by atoms with van der Waals surface area (Å²) in [5.74, 6) is -0.0886. The number of thioether (sulfide) groups is 1. The molecule has 7 nitrogen and oxygen atoms in total. The second kappa shape index (κ2) is 9.55. The summed E-state index contributed by atoms with van der Waals surface area (Å²) in [4.78, 5) is 14.9. The second-order valence-corrected chi connectivity index (χ2v) is 8.46. The molecule has 3 aromatic rings. The van der Waals surface area contributed by atoms with Gasteiger partial charge < -0.3 is 4.90 Å². The highest BCUT2D eigenvalue weighted by molar-refractivity contribution is 8.00. The SMILES string of the molecule is Cc1ccc(N(CCC#N)C(=O)C(C)Sc2nnnn2-c2ccc(C)cc2C)cc1. The van der Waals surface area contributed by atoms with Gasteiger partial charge >= 0.3 is 0 Å². The first-order valence-corrected chi connectivity index (χ1v) is 10.6. The fourth-order valence-corrected chi connectivity index (χ4v) is 3.99. The average molecular weight is 421 g/mol. The minimum Gasteiger partial charge on any atom is -0.310 e. The van der Waals surface area contributed by atoms with Crippen LogP contribution in [-0.4, -0.2) is 37.9 Å². The van der Waals surface area contributed by atoms with Gasteiger partial charge in [-0.1, -0.05) is 47.2 Å². The molecule has 0 aliphatic heterocycles. The quantitative estimate of drug-likeness (QED) is 0.537. The predicted molar refractivity (Wildman–Crippen MR) is 118 cm³/mol. The molecule has 2 aromatic carbocycles. The van der Waals surface area contributed by atoms with E-state index in [4.69, 9.17) is 5.26 Å². The Kier molecular flexibility index (Phi) is 6.85. The molecule has 0 bridgehead atoms. The summed E-state index contributed by atoms with van der Waals surface area (Å²) in [7, 11) is 0. The number of nitrogens with zero attached hydrogens (tertiary/aromatic N) is 6. The van der Waals surface area contributed by atoms with Crippen LogP contribution in [0.4, 0.5) is 5.69 Å². The van der Waals surface area contributed by atoms with Crippen molar-refractivity contribution in [3.05, 3.63) is 59.2 Å². The van der Waals surface area contributed by atoms with E-state index in [2.05, 4.69) is 27.7 Å². The minimum atomic E-state index is -0.430. The summed E-state index contributed by atoms with van der Waals surface area (Å²) >= 11 is 1.31. The molecule has 154 valence electrons. The van der Waals surface area contributed by atoms with Crippen LogP contribution >= 0.6 is 11.8 Å². The van der Waals surface area contributed by atoms with Crippen molar-refractivity contribution >= 4 is 23.4 Å². The van der Waals surface area contributed by atoms with Crippen molar-refractivity contribution in [3.63, 3.8) is 0 Å². The Bertz CT molecular complexity index is 1070. The zero-order valence-corrected chi connectivity index (χ0v) is 18.3. The van der Waals surface area contributed by atoms with Crippen LogP contribution in [0.2, 0.25) is 0 Å². The number of carbonyl (C=O) groups is 1. The zero-order valence-electron chi connectivity index (χ0n) is 17.5. The molecule has 0 N–H and O–H groups in total. The van der Waals surface area contributed by atoms with Gasteiger partial charge in [0, 0.05) is 12.2 Å². The Labute approximate surface area is 180 Å². The molecule has 30 heavy (non-hydrogen) atoms. The Morgan fingerprint density at radius 2 is 1.87 bits per heavy atom. The molecule has 0 saturated heterocycles.